The van der Waals surface area contributed by atoms with Crippen molar-refractivity contribution in [3.63, 3.8) is 0 Å². The lowest BCUT2D eigenvalue weighted by Crippen LogP contribution is -2.29. The standard InChI is InChI=1S/C36H42F2O2/c1-3-5-6-7-25-8-12-27(13-9-25)29-16-18-32-23-30(17-19-31(32)22-29)28-14-10-26(11-15-28)24-40-34-21-20-33(39-4-2)35(37)36(34)38/h3,5,8-15,20-21,29-32H,4,6-7,16-19,22-24H2,1-2H3/b5-3+. The van der Waals surface area contributed by atoms with Crippen molar-refractivity contribution >= 4 is 0 Å². The Morgan fingerprint density at radius 1 is 0.700 bits per heavy atom. The molecule has 4 atom stereocenters. The van der Waals surface area contributed by atoms with Gasteiger partial charge in [0.1, 0.15) is 6.61 Å². The number of halogens is 2. The van der Waals surface area contributed by atoms with Crippen LogP contribution in [-0.2, 0) is 13.0 Å². The summed E-state index contributed by atoms with van der Waals surface area (Å²) < 4.78 is 39.2. The van der Waals surface area contributed by atoms with Crippen molar-refractivity contribution in [3.8, 4) is 11.5 Å². The van der Waals surface area contributed by atoms with Gasteiger partial charge in [-0.25, -0.2) is 0 Å². The molecule has 4 heteroatoms. The first-order valence-corrected chi connectivity index (χ1v) is 15.1. The molecule has 4 unspecified atom stereocenters. The second-order valence-electron chi connectivity index (χ2n) is 11.5. The molecule has 3 aromatic rings. The Balaban J connectivity index is 1.12. The van der Waals surface area contributed by atoms with Crippen LogP contribution in [0.3, 0.4) is 0 Å². The molecule has 212 valence electrons. The van der Waals surface area contributed by atoms with Crippen LogP contribution in [0.5, 0.6) is 11.5 Å². The summed E-state index contributed by atoms with van der Waals surface area (Å²) in [6.45, 7) is 4.28. The third-order valence-electron chi connectivity index (χ3n) is 9.06. The van der Waals surface area contributed by atoms with Crippen molar-refractivity contribution in [3.05, 3.63) is 107 Å². The molecule has 2 nitrogen and oxygen atoms in total. The van der Waals surface area contributed by atoms with Gasteiger partial charge in [0, 0.05) is 0 Å². The first kappa shape index (κ1) is 28.4. The molecule has 2 fully saturated rings. The molecule has 0 aromatic heterocycles. The third kappa shape index (κ3) is 6.77. The van der Waals surface area contributed by atoms with Crippen molar-refractivity contribution < 1.29 is 18.3 Å². The molecular weight excluding hydrogens is 502 g/mol. The number of rotatable bonds is 10. The van der Waals surface area contributed by atoms with Gasteiger partial charge in [-0.3, -0.25) is 0 Å². The highest BCUT2D eigenvalue weighted by molar-refractivity contribution is 5.35. The molecule has 2 aliphatic rings. The van der Waals surface area contributed by atoms with Gasteiger partial charge >= 0.3 is 0 Å². The van der Waals surface area contributed by atoms with Crippen LogP contribution in [-0.4, -0.2) is 6.61 Å². The van der Waals surface area contributed by atoms with Crippen molar-refractivity contribution in [2.75, 3.05) is 6.61 Å². The maximum Gasteiger partial charge on any atom is 0.204 e. The summed E-state index contributed by atoms with van der Waals surface area (Å²) in [5, 5.41) is 0. The predicted octanol–water partition coefficient (Wildman–Crippen LogP) is 9.92. The predicted molar refractivity (Wildman–Crippen MR) is 158 cm³/mol. The summed E-state index contributed by atoms with van der Waals surface area (Å²) in [5.41, 5.74) is 5.29. The van der Waals surface area contributed by atoms with Crippen LogP contribution >= 0.6 is 0 Å². The van der Waals surface area contributed by atoms with E-state index >= 15 is 0 Å². The summed E-state index contributed by atoms with van der Waals surface area (Å²) in [6, 6.07) is 20.8. The molecule has 0 amide bonds. The average molecular weight is 545 g/mol. The zero-order valence-corrected chi connectivity index (χ0v) is 23.9. The Labute approximate surface area is 238 Å². The van der Waals surface area contributed by atoms with Gasteiger partial charge in [0.15, 0.2) is 11.5 Å². The van der Waals surface area contributed by atoms with Crippen molar-refractivity contribution in [2.45, 2.75) is 83.7 Å². The minimum atomic E-state index is -1.01. The molecule has 0 saturated heterocycles. The molecular formula is C36H42F2O2. The van der Waals surface area contributed by atoms with E-state index in [0.717, 1.165) is 30.2 Å². The maximum atomic E-state index is 14.3. The fourth-order valence-electron chi connectivity index (χ4n) is 6.81. The van der Waals surface area contributed by atoms with Gasteiger partial charge in [-0.05, 0) is 123 Å². The van der Waals surface area contributed by atoms with Gasteiger partial charge in [-0.15, -0.1) is 0 Å². The lowest BCUT2D eigenvalue weighted by molar-refractivity contribution is 0.141. The lowest BCUT2D eigenvalue weighted by Gasteiger charge is -2.42. The molecule has 3 aromatic carbocycles. The average Bonchev–Trinajstić information content (AvgIpc) is 2.99. The van der Waals surface area contributed by atoms with Gasteiger partial charge in [0.2, 0.25) is 11.6 Å². The number of ether oxygens (including phenoxy) is 2. The summed E-state index contributed by atoms with van der Waals surface area (Å²) in [5.74, 6) is 0.748. The molecule has 0 bridgehead atoms. The Hall–Kier alpha value is -3.14. The number of fused-ring (bicyclic) bond motifs is 1. The quantitative estimate of drug-likeness (QED) is 0.237. The Bertz CT molecular complexity index is 1270. The maximum absolute atomic E-state index is 14.3. The summed E-state index contributed by atoms with van der Waals surface area (Å²) in [7, 11) is 0. The molecule has 5 rings (SSSR count). The molecule has 0 radical (unpaired) electrons. The number of aryl methyl sites for hydroxylation is 1. The molecule has 40 heavy (non-hydrogen) atoms. The van der Waals surface area contributed by atoms with E-state index in [1.807, 2.05) is 0 Å². The second-order valence-corrected chi connectivity index (χ2v) is 11.5. The van der Waals surface area contributed by atoms with E-state index in [1.165, 1.54) is 67.3 Å². The summed E-state index contributed by atoms with van der Waals surface area (Å²) in [4.78, 5) is 0. The van der Waals surface area contributed by atoms with Gasteiger partial charge < -0.3 is 9.47 Å². The van der Waals surface area contributed by atoms with Gasteiger partial charge in [-0.1, -0.05) is 60.7 Å². The van der Waals surface area contributed by atoms with Crippen molar-refractivity contribution in [2.24, 2.45) is 11.8 Å². The van der Waals surface area contributed by atoms with Crippen molar-refractivity contribution in [1.82, 2.24) is 0 Å². The lowest BCUT2D eigenvalue weighted by atomic mass is 9.63. The summed E-state index contributed by atoms with van der Waals surface area (Å²) >= 11 is 0. The van der Waals surface area contributed by atoms with Crippen LogP contribution in [0, 0.1) is 23.5 Å². The summed E-state index contributed by atoms with van der Waals surface area (Å²) in [6.07, 6.45) is 14.4. The zero-order valence-electron chi connectivity index (χ0n) is 23.9. The monoisotopic (exact) mass is 544 g/mol. The van der Waals surface area contributed by atoms with Crippen LogP contribution in [0.4, 0.5) is 8.78 Å². The molecule has 0 heterocycles. The molecule has 0 spiro atoms. The fraction of sp³-hybridized carbons (Fsp3) is 0.444. The Morgan fingerprint density at radius 3 is 1.75 bits per heavy atom. The van der Waals surface area contributed by atoms with Crippen LogP contribution in [0.2, 0.25) is 0 Å². The highest BCUT2D eigenvalue weighted by Crippen LogP contribution is 2.49. The molecule has 2 aliphatic carbocycles. The van der Waals surface area contributed by atoms with E-state index in [0.29, 0.717) is 11.8 Å². The van der Waals surface area contributed by atoms with Crippen molar-refractivity contribution in [1.29, 1.82) is 0 Å². The van der Waals surface area contributed by atoms with E-state index < -0.39 is 11.6 Å². The largest absolute Gasteiger partial charge is 0.491 e. The van der Waals surface area contributed by atoms with E-state index in [1.54, 1.807) is 6.92 Å². The minimum Gasteiger partial charge on any atom is -0.491 e. The Morgan fingerprint density at radius 2 is 1.23 bits per heavy atom. The van der Waals surface area contributed by atoms with Crippen LogP contribution in [0.25, 0.3) is 0 Å². The zero-order chi connectivity index (χ0) is 27.9. The topological polar surface area (TPSA) is 18.5 Å². The first-order chi connectivity index (χ1) is 19.6. The normalized spacial score (nSPS) is 22.7. The highest BCUT2D eigenvalue weighted by atomic mass is 19.2. The highest BCUT2D eigenvalue weighted by Gasteiger charge is 2.36. The Kier molecular flexibility index (Phi) is 9.57. The SMILES string of the molecule is C/C=C/CCc1ccc(C2CCC3CC(c4ccc(COc5ccc(OCC)c(F)c5F)cc4)CCC3C2)cc1. The second kappa shape index (κ2) is 13.5. The van der Waals surface area contributed by atoms with E-state index in [9.17, 15) is 8.78 Å². The van der Waals surface area contributed by atoms with Gasteiger partial charge in [0.05, 0.1) is 6.61 Å². The molecule has 2 saturated carbocycles. The van der Waals surface area contributed by atoms with Gasteiger partial charge in [0.25, 0.3) is 0 Å². The van der Waals surface area contributed by atoms with Gasteiger partial charge in [-0.2, -0.15) is 8.78 Å². The molecule has 0 aliphatic heterocycles. The van der Waals surface area contributed by atoms with Crippen LogP contribution in [0.15, 0.2) is 72.8 Å². The van der Waals surface area contributed by atoms with E-state index in [4.69, 9.17) is 9.47 Å². The molecule has 0 N–H and O–H groups in total. The first-order valence-electron chi connectivity index (χ1n) is 15.1. The smallest absolute Gasteiger partial charge is 0.204 e. The van der Waals surface area contributed by atoms with E-state index in [2.05, 4.69) is 67.6 Å². The van der Waals surface area contributed by atoms with Crippen LogP contribution < -0.4 is 9.47 Å². The fourth-order valence-corrected chi connectivity index (χ4v) is 6.81. The number of benzene rings is 3. The van der Waals surface area contributed by atoms with Crippen LogP contribution in [0.1, 0.15) is 92.9 Å². The number of hydrogen-bond donors (Lipinski definition) is 0. The van der Waals surface area contributed by atoms with E-state index in [-0.39, 0.29) is 24.7 Å². The number of allylic oxidation sites excluding steroid dienone is 2. The minimum absolute atomic E-state index is 0.0928. The third-order valence-corrected chi connectivity index (χ3v) is 9.06. The number of hydrogen-bond acceptors (Lipinski definition) is 2.